The monoisotopic (exact) mass is 412 g/mol. The summed E-state index contributed by atoms with van der Waals surface area (Å²) in [5.41, 5.74) is 2.11. The predicted molar refractivity (Wildman–Crippen MR) is 110 cm³/mol. The first-order valence-corrected chi connectivity index (χ1v) is 10.6. The van der Waals surface area contributed by atoms with Crippen LogP contribution in [-0.2, 0) is 21.8 Å². The second-order valence-corrected chi connectivity index (χ2v) is 7.34. The lowest BCUT2D eigenvalue weighted by atomic mass is 10.1. The molecule has 8 heteroatoms. The zero-order valence-electron chi connectivity index (χ0n) is 15.9. The van der Waals surface area contributed by atoms with Gasteiger partial charge in [-0.15, -0.1) is 0 Å². The van der Waals surface area contributed by atoms with Crippen molar-refractivity contribution in [3.8, 4) is 11.5 Å². The van der Waals surface area contributed by atoms with Gasteiger partial charge in [-0.2, -0.15) is 11.8 Å². The van der Waals surface area contributed by atoms with Gasteiger partial charge in [0.15, 0.2) is 23.9 Å². The molecule has 29 heavy (non-hydrogen) atoms. The number of imidazole rings is 1. The first-order chi connectivity index (χ1) is 14.2. The molecule has 1 aliphatic rings. The van der Waals surface area contributed by atoms with Gasteiger partial charge >= 0.3 is 5.97 Å². The van der Waals surface area contributed by atoms with Crippen LogP contribution < -0.4 is 9.47 Å². The third kappa shape index (κ3) is 4.22. The normalized spacial score (nSPS) is 12.7. The van der Waals surface area contributed by atoms with E-state index >= 15 is 0 Å². The molecule has 0 amide bonds. The van der Waals surface area contributed by atoms with Crippen molar-refractivity contribution in [1.29, 1.82) is 0 Å². The van der Waals surface area contributed by atoms with E-state index in [1.54, 1.807) is 30.0 Å². The molecule has 0 aliphatic carbocycles. The summed E-state index contributed by atoms with van der Waals surface area (Å²) in [6.07, 6.45) is 1.98. The van der Waals surface area contributed by atoms with Gasteiger partial charge in [-0.25, -0.2) is 4.98 Å². The Bertz CT molecular complexity index is 1060. The van der Waals surface area contributed by atoms with Crippen LogP contribution in [0.4, 0.5) is 0 Å². The maximum Gasteiger partial charge on any atom is 0.326 e. The molecule has 0 atom stereocenters. The molecule has 0 fully saturated rings. The molecule has 0 saturated carbocycles. The highest BCUT2D eigenvalue weighted by Gasteiger charge is 2.18. The summed E-state index contributed by atoms with van der Waals surface area (Å²) < 4.78 is 18.0. The molecular weight excluding hydrogens is 392 g/mol. The van der Waals surface area contributed by atoms with E-state index in [4.69, 9.17) is 14.2 Å². The summed E-state index contributed by atoms with van der Waals surface area (Å²) in [7, 11) is 0. The summed E-state index contributed by atoms with van der Waals surface area (Å²) in [5, 5.41) is 0. The molecule has 150 valence electrons. The average Bonchev–Trinajstić information content (AvgIpc) is 3.09. The lowest BCUT2D eigenvalue weighted by Gasteiger charge is -2.18. The van der Waals surface area contributed by atoms with E-state index in [0.717, 1.165) is 16.9 Å². The highest BCUT2D eigenvalue weighted by molar-refractivity contribution is 7.97. The number of para-hydroxylation sites is 2. The molecule has 0 saturated heterocycles. The fourth-order valence-electron chi connectivity index (χ4n) is 3.16. The summed E-state index contributed by atoms with van der Waals surface area (Å²) in [6.45, 7) is 0.601. The number of Topliss-reactive ketones (excluding diaryl/α,β-unsaturated/α-hetero) is 1. The van der Waals surface area contributed by atoms with Crippen molar-refractivity contribution in [2.24, 2.45) is 0 Å². The molecule has 1 aromatic heterocycles. The van der Waals surface area contributed by atoms with Gasteiger partial charge < -0.3 is 18.8 Å². The second-order valence-electron chi connectivity index (χ2n) is 6.48. The number of hydrogen-bond donors (Lipinski definition) is 0. The number of ether oxygens (including phenoxy) is 3. The van der Waals surface area contributed by atoms with E-state index < -0.39 is 5.97 Å². The Kier molecular flexibility index (Phi) is 5.71. The summed E-state index contributed by atoms with van der Waals surface area (Å²) in [6, 6.07) is 12.6. The van der Waals surface area contributed by atoms with Crippen molar-refractivity contribution in [2.75, 3.05) is 26.1 Å². The van der Waals surface area contributed by atoms with Crippen molar-refractivity contribution >= 4 is 34.5 Å². The molecule has 0 spiro atoms. The number of ketones is 1. The predicted octanol–water partition coefficient (Wildman–Crippen LogP) is 3.10. The zero-order valence-corrected chi connectivity index (χ0v) is 16.7. The van der Waals surface area contributed by atoms with Crippen LogP contribution in [0.15, 0.2) is 42.5 Å². The molecule has 7 nitrogen and oxygen atoms in total. The van der Waals surface area contributed by atoms with Crippen LogP contribution in [-0.4, -0.2) is 47.4 Å². The van der Waals surface area contributed by atoms with Crippen molar-refractivity contribution in [1.82, 2.24) is 9.55 Å². The van der Waals surface area contributed by atoms with Crippen LogP contribution in [0.2, 0.25) is 0 Å². The molecule has 4 rings (SSSR count). The molecule has 2 heterocycles. The minimum absolute atomic E-state index is 0.00479. The van der Waals surface area contributed by atoms with E-state index in [1.165, 1.54) is 0 Å². The van der Waals surface area contributed by atoms with Crippen LogP contribution >= 0.6 is 11.8 Å². The molecule has 0 radical (unpaired) electrons. The largest absolute Gasteiger partial charge is 0.486 e. The molecule has 0 unspecified atom stereocenters. The Morgan fingerprint density at radius 3 is 2.76 bits per heavy atom. The first kappa shape index (κ1) is 19.3. The van der Waals surface area contributed by atoms with E-state index in [0.29, 0.717) is 36.0 Å². The molecular formula is C21H20N2O5S. The topological polar surface area (TPSA) is 79.7 Å². The standard InChI is InChI=1S/C21H20N2O5S/c1-29-13-20-22-15-4-2-3-5-16(15)23(20)11-21(25)28-12-17(24)14-6-7-18-19(10-14)27-9-8-26-18/h2-7,10H,8-9,11-13H2,1H3. The number of rotatable bonds is 7. The fraction of sp³-hybridized carbons (Fsp3) is 0.286. The van der Waals surface area contributed by atoms with Crippen molar-refractivity contribution in [3.63, 3.8) is 0 Å². The minimum atomic E-state index is -0.485. The summed E-state index contributed by atoms with van der Waals surface area (Å²) in [4.78, 5) is 29.4. The first-order valence-electron chi connectivity index (χ1n) is 9.17. The van der Waals surface area contributed by atoms with Crippen LogP contribution in [0.3, 0.4) is 0 Å². The molecule has 0 N–H and O–H groups in total. The van der Waals surface area contributed by atoms with Crippen molar-refractivity contribution in [2.45, 2.75) is 12.3 Å². The number of nitrogens with zero attached hydrogens (tertiary/aromatic N) is 2. The summed E-state index contributed by atoms with van der Waals surface area (Å²) in [5.74, 6) is 1.83. The van der Waals surface area contributed by atoms with Gasteiger partial charge in [0.1, 0.15) is 25.6 Å². The average molecular weight is 412 g/mol. The maximum absolute atomic E-state index is 12.4. The third-order valence-corrected chi connectivity index (χ3v) is 5.07. The number of thioether (sulfide) groups is 1. The second kappa shape index (κ2) is 8.57. The van der Waals surface area contributed by atoms with E-state index in [1.807, 2.05) is 35.1 Å². The Morgan fingerprint density at radius 1 is 1.14 bits per heavy atom. The number of benzene rings is 2. The highest BCUT2D eigenvalue weighted by Crippen LogP contribution is 2.30. The van der Waals surface area contributed by atoms with Gasteiger partial charge in [0.05, 0.1) is 16.8 Å². The number of fused-ring (bicyclic) bond motifs is 2. The maximum atomic E-state index is 12.4. The Balaban J connectivity index is 1.42. The lowest BCUT2D eigenvalue weighted by molar-refractivity contribution is -0.143. The zero-order chi connectivity index (χ0) is 20.2. The molecule has 0 bridgehead atoms. The van der Waals surface area contributed by atoms with Gasteiger partial charge in [-0.05, 0) is 36.6 Å². The highest BCUT2D eigenvalue weighted by atomic mass is 32.2. The van der Waals surface area contributed by atoms with Crippen LogP contribution in [0.25, 0.3) is 11.0 Å². The van der Waals surface area contributed by atoms with Gasteiger partial charge in [-0.3, -0.25) is 9.59 Å². The lowest BCUT2D eigenvalue weighted by Crippen LogP contribution is -2.20. The summed E-state index contributed by atoms with van der Waals surface area (Å²) >= 11 is 1.63. The smallest absolute Gasteiger partial charge is 0.326 e. The number of hydrogen-bond acceptors (Lipinski definition) is 7. The van der Waals surface area contributed by atoms with Crippen LogP contribution in [0.5, 0.6) is 11.5 Å². The SMILES string of the molecule is CSCc1nc2ccccc2n1CC(=O)OCC(=O)c1ccc2c(c1)OCCO2. The number of carbonyl (C=O) groups excluding carboxylic acids is 2. The quantitative estimate of drug-likeness (QED) is 0.436. The Morgan fingerprint density at radius 2 is 1.93 bits per heavy atom. The van der Waals surface area contributed by atoms with E-state index in [-0.39, 0.29) is 18.9 Å². The molecule has 1 aliphatic heterocycles. The Hall–Kier alpha value is -3.00. The third-order valence-electron chi connectivity index (χ3n) is 4.52. The Labute approximate surface area is 172 Å². The van der Waals surface area contributed by atoms with Gasteiger partial charge in [0, 0.05) is 5.56 Å². The fourth-order valence-corrected chi connectivity index (χ4v) is 3.64. The van der Waals surface area contributed by atoms with E-state index in [2.05, 4.69) is 4.98 Å². The number of aromatic nitrogens is 2. The van der Waals surface area contributed by atoms with Gasteiger partial charge in [0.2, 0.25) is 0 Å². The molecule has 3 aromatic rings. The van der Waals surface area contributed by atoms with Gasteiger partial charge in [0.25, 0.3) is 0 Å². The van der Waals surface area contributed by atoms with Crippen molar-refractivity contribution in [3.05, 3.63) is 53.9 Å². The van der Waals surface area contributed by atoms with Crippen LogP contribution in [0.1, 0.15) is 16.2 Å². The number of carbonyl (C=O) groups is 2. The van der Waals surface area contributed by atoms with Crippen LogP contribution in [0, 0.1) is 0 Å². The van der Waals surface area contributed by atoms with Crippen molar-refractivity contribution < 1.29 is 23.8 Å². The minimum Gasteiger partial charge on any atom is -0.486 e. The molecule has 2 aromatic carbocycles. The van der Waals surface area contributed by atoms with E-state index in [9.17, 15) is 9.59 Å². The van der Waals surface area contributed by atoms with Gasteiger partial charge in [-0.1, -0.05) is 12.1 Å². The number of esters is 1.